The number of allylic oxidation sites excluding steroid dienone is 1. The van der Waals surface area contributed by atoms with E-state index in [4.69, 9.17) is 30.5 Å². The highest BCUT2D eigenvalue weighted by atomic mass is 35.5. The average Bonchev–Trinajstić information content (AvgIpc) is 3.09. The van der Waals surface area contributed by atoms with Crippen LogP contribution in [0.1, 0.15) is 31.8 Å². The van der Waals surface area contributed by atoms with Crippen molar-refractivity contribution in [3.63, 3.8) is 0 Å². The van der Waals surface area contributed by atoms with Crippen LogP contribution in [-0.2, 0) is 11.3 Å². The number of ketones is 1. The van der Waals surface area contributed by atoms with Crippen LogP contribution in [0.25, 0.3) is 6.08 Å². The Morgan fingerprint density at radius 1 is 1.13 bits per heavy atom. The van der Waals surface area contributed by atoms with E-state index in [1.54, 1.807) is 42.5 Å². The smallest absolute Gasteiger partial charge is 0.343 e. The van der Waals surface area contributed by atoms with Crippen LogP contribution in [0.15, 0.2) is 60.6 Å². The van der Waals surface area contributed by atoms with Gasteiger partial charge in [0.15, 0.2) is 12.6 Å². The second-order valence-corrected chi connectivity index (χ2v) is 7.25. The molecular formula is C23H14ClNO6. The highest BCUT2D eigenvalue weighted by Gasteiger charge is 2.29. The number of carbonyl (C=O) groups excluding carboxylic acids is 2. The third-order valence-corrected chi connectivity index (χ3v) is 4.98. The molecule has 7 nitrogen and oxygen atoms in total. The lowest BCUT2D eigenvalue weighted by Crippen LogP contribution is -2.12. The zero-order valence-corrected chi connectivity index (χ0v) is 16.7. The van der Waals surface area contributed by atoms with Crippen LogP contribution in [0.3, 0.4) is 0 Å². The second kappa shape index (κ2) is 7.86. The van der Waals surface area contributed by atoms with Crippen LogP contribution in [0, 0.1) is 0 Å². The third kappa shape index (κ3) is 3.76. The molecule has 0 radical (unpaired) electrons. The van der Waals surface area contributed by atoms with Crippen LogP contribution in [-0.4, -0.2) is 23.5 Å². The van der Waals surface area contributed by atoms with E-state index in [2.05, 4.69) is 4.98 Å². The summed E-state index contributed by atoms with van der Waals surface area (Å²) in [5.41, 5.74) is 2.14. The fourth-order valence-electron chi connectivity index (χ4n) is 3.34. The molecule has 2 aromatic carbocycles. The van der Waals surface area contributed by atoms with E-state index in [9.17, 15) is 9.59 Å². The van der Waals surface area contributed by atoms with E-state index < -0.39 is 5.97 Å². The minimum Gasteiger partial charge on any atom is -0.467 e. The van der Waals surface area contributed by atoms with Crippen molar-refractivity contribution in [2.45, 2.75) is 6.61 Å². The first-order valence-corrected chi connectivity index (χ1v) is 9.70. The number of fused-ring (bicyclic) bond motifs is 2. The standard InChI is InChI=1S/C23H14ClNO6/c24-16-7-14(22-15(8-16)11-28-12-29-22)9-20-21(26)18-2-1-17(10-19(18)31-20)30-23(27)13-3-5-25-6-4-13/h1-10H,11-12H2/b20-9-. The van der Waals surface area contributed by atoms with Gasteiger partial charge in [-0.05, 0) is 42.5 Å². The van der Waals surface area contributed by atoms with Gasteiger partial charge >= 0.3 is 5.97 Å². The van der Waals surface area contributed by atoms with Crippen LogP contribution >= 0.6 is 11.6 Å². The van der Waals surface area contributed by atoms with Crippen LogP contribution < -0.4 is 14.2 Å². The molecule has 0 saturated heterocycles. The molecule has 3 aromatic rings. The average molecular weight is 436 g/mol. The van der Waals surface area contributed by atoms with Crippen molar-refractivity contribution in [2.24, 2.45) is 0 Å². The van der Waals surface area contributed by atoms with Crippen molar-refractivity contribution in [1.82, 2.24) is 4.98 Å². The van der Waals surface area contributed by atoms with Crippen LogP contribution in [0.4, 0.5) is 0 Å². The lowest BCUT2D eigenvalue weighted by atomic mass is 10.1. The van der Waals surface area contributed by atoms with Gasteiger partial charge in [0.05, 0.1) is 17.7 Å². The number of esters is 1. The van der Waals surface area contributed by atoms with Crippen molar-refractivity contribution in [1.29, 1.82) is 0 Å². The molecule has 2 aliphatic rings. The zero-order valence-electron chi connectivity index (χ0n) is 16.0. The SMILES string of the molecule is O=C(Oc1ccc2c(c1)O/C(=C\c1cc(Cl)cc3c1OCOC3)C2=O)c1ccncc1. The molecule has 8 heteroatoms. The number of hydrogen-bond donors (Lipinski definition) is 0. The van der Waals surface area contributed by atoms with Crippen molar-refractivity contribution in [3.8, 4) is 17.2 Å². The summed E-state index contributed by atoms with van der Waals surface area (Å²) in [7, 11) is 0. The predicted octanol–water partition coefficient (Wildman–Crippen LogP) is 4.44. The molecule has 31 heavy (non-hydrogen) atoms. The summed E-state index contributed by atoms with van der Waals surface area (Å²) in [6.07, 6.45) is 4.59. The largest absolute Gasteiger partial charge is 0.467 e. The number of carbonyl (C=O) groups is 2. The summed E-state index contributed by atoms with van der Waals surface area (Å²) in [5.74, 6) is 0.455. The van der Waals surface area contributed by atoms with Gasteiger partial charge in [0, 0.05) is 34.6 Å². The first-order valence-electron chi connectivity index (χ1n) is 9.32. The van der Waals surface area contributed by atoms with Gasteiger partial charge in [-0.25, -0.2) is 4.79 Å². The molecular weight excluding hydrogens is 422 g/mol. The Hall–Kier alpha value is -3.68. The zero-order chi connectivity index (χ0) is 21.4. The Balaban J connectivity index is 1.42. The molecule has 2 aliphatic heterocycles. The maximum absolute atomic E-state index is 12.8. The maximum atomic E-state index is 12.8. The molecule has 0 amide bonds. The highest BCUT2D eigenvalue weighted by molar-refractivity contribution is 6.31. The summed E-state index contributed by atoms with van der Waals surface area (Å²) >= 11 is 6.19. The summed E-state index contributed by atoms with van der Waals surface area (Å²) in [4.78, 5) is 28.9. The van der Waals surface area contributed by atoms with Gasteiger partial charge in [-0.1, -0.05) is 11.6 Å². The Morgan fingerprint density at radius 2 is 1.97 bits per heavy atom. The number of benzene rings is 2. The summed E-state index contributed by atoms with van der Waals surface area (Å²) in [6, 6.07) is 11.2. The van der Waals surface area contributed by atoms with Crippen LogP contribution in [0.2, 0.25) is 5.02 Å². The number of hydrogen-bond acceptors (Lipinski definition) is 7. The lowest BCUT2D eigenvalue weighted by Gasteiger charge is -2.20. The number of aromatic nitrogens is 1. The van der Waals surface area contributed by atoms with E-state index in [0.717, 1.165) is 5.56 Å². The normalized spacial score (nSPS) is 15.6. The van der Waals surface area contributed by atoms with Gasteiger partial charge < -0.3 is 18.9 Å². The van der Waals surface area contributed by atoms with Gasteiger partial charge in [0.25, 0.3) is 0 Å². The molecule has 1 aromatic heterocycles. The van der Waals surface area contributed by atoms with Crippen molar-refractivity contribution < 1.29 is 28.5 Å². The molecule has 0 spiro atoms. The lowest BCUT2D eigenvalue weighted by molar-refractivity contribution is -0.0165. The molecule has 0 fully saturated rings. The Morgan fingerprint density at radius 3 is 2.81 bits per heavy atom. The number of halogens is 1. The summed E-state index contributed by atoms with van der Waals surface area (Å²) in [5, 5.41) is 0.493. The maximum Gasteiger partial charge on any atom is 0.343 e. The first kappa shape index (κ1) is 19.3. The predicted molar refractivity (Wildman–Crippen MR) is 110 cm³/mol. The van der Waals surface area contributed by atoms with Crippen molar-refractivity contribution in [3.05, 3.63) is 87.9 Å². The Labute approximate surface area is 181 Å². The Bertz CT molecular complexity index is 1240. The molecule has 3 heterocycles. The molecule has 0 atom stereocenters. The first-order chi connectivity index (χ1) is 15.1. The fraction of sp³-hybridized carbons (Fsp3) is 0.0870. The number of pyridine rings is 1. The number of nitrogens with zero attached hydrogens (tertiary/aromatic N) is 1. The molecule has 0 bridgehead atoms. The topological polar surface area (TPSA) is 84.0 Å². The van der Waals surface area contributed by atoms with Gasteiger partial charge in [-0.2, -0.15) is 0 Å². The highest BCUT2D eigenvalue weighted by Crippen LogP contribution is 2.38. The minimum atomic E-state index is -0.535. The Kier molecular flexibility index (Phi) is 4.89. The van der Waals surface area contributed by atoms with E-state index in [1.165, 1.54) is 18.5 Å². The fourth-order valence-corrected chi connectivity index (χ4v) is 3.59. The van der Waals surface area contributed by atoms with E-state index in [1.807, 2.05) is 0 Å². The van der Waals surface area contributed by atoms with E-state index in [0.29, 0.717) is 39.8 Å². The third-order valence-electron chi connectivity index (χ3n) is 4.76. The molecule has 0 unspecified atom stereocenters. The van der Waals surface area contributed by atoms with E-state index >= 15 is 0 Å². The quantitative estimate of drug-likeness (QED) is 0.341. The second-order valence-electron chi connectivity index (χ2n) is 6.82. The van der Waals surface area contributed by atoms with Gasteiger partial charge in [-0.3, -0.25) is 9.78 Å². The van der Waals surface area contributed by atoms with Gasteiger partial charge in [-0.15, -0.1) is 0 Å². The molecule has 5 rings (SSSR count). The van der Waals surface area contributed by atoms with Gasteiger partial charge in [0.1, 0.15) is 17.2 Å². The number of Topliss-reactive ketones (excluding diaryl/α,β-unsaturated/α-hetero) is 1. The van der Waals surface area contributed by atoms with Crippen molar-refractivity contribution in [2.75, 3.05) is 6.79 Å². The monoisotopic (exact) mass is 435 g/mol. The molecule has 0 aliphatic carbocycles. The number of rotatable bonds is 3. The summed E-state index contributed by atoms with van der Waals surface area (Å²) < 4.78 is 22.0. The molecule has 0 saturated carbocycles. The van der Waals surface area contributed by atoms with Crippen molar-refractivity contribution >= 4 is 29.4 Å². The van der Waals surface area contributed by atoms with E-state index in [-0.39, 0.29) is 24.1 Å². The van der Waals surface area contributed by atoms with Gasteiger partial charge in [0.2, 0.25) is 5.78 Å². The minimum absolute atomic E-state index is 0.117. The van der Waals surface area contributed by atoms with Crippen LogP contribution in [0.5, 0.6) is 17.2 Å². The summed E-state index contributed by atoms with van der Waals surface area (Å²) in [6.45, 7) is 0.485. The number of ether oxygens (including phenoxy) is 4. The molecule has 0 N–H and O–H groups in total. The molecule has 154 valence electrons.